The predicted octanol–water partition coefficient (Wildman–Crippen LogP) is 0.197. The average Bonchev–Trinajstić information content (AvgIpc) is 3.14. The zero-order valence-electron chi connectivity index (χ0n) is 10.2. The molecule has 4 nitrogen and oxygen atoms in total. The van der Waals surface area contributed by atoms with Gasteiger partial charge in [0.15, 0.2) is 0 Å². The molecule has 0 aromatic heterocycles. The van der Waals surface area contributed by atoms with Crippen LogP contribution in [0, 0.1) is 5.92 Å². The van der Waals surface area contributed by atoms with Crippen LogP contribution in [-0.4, -0.2) is 55.0 Å². The number of aliphatic hydroxyl groups excluding tert-OH is 1. The van der Waals surface area contributed by atoms with Crippen LogP contribution in [0.4, 0.5) is 0 Å². The van der Waals surface area contributed by atoms with Crippen molar-refractivity contribution in [3.8, 4) is 0 Å². The lowest BCUT2D eigenvalue weighted by Crippen LogP contribution is -2.56. The summed E-state index contributed by atoms with van der Waals surface area (Å²) >= 11 is 0. The van der Waals surface area contributed by atoms with E-state index in [1.165, 1.54) is 12.8 Å². The summed E-state index contributed by atoms with van der Waals surface area (Å²) in [6.45, 7) is 2.62. The largest absolute Gasteiger partial charge is 0.394 e. The first-order valence-corrected chi connectivity index (χ1v) is 6.33. The van der Waals surface area contributed by atoms with Crippen molar-refractivity contribution in [2.75, 3.05) is 33.4 Å². The van der Waals surface area contributed by atoms with Crippen LogP contribution in [0.3, 0.4) is 0 Å². The molecular weight excluding hydrogens is 204 g/mol. The van der Waals surface area contributed by atoms with E-state index in [1.807, 2.05) is 0 Å². The number of nitrogens with two attached hydrogens (primary N) is 1. The number of aliphatic hydroxyl groups is 1. The van der Waals surface area contributed by atoms with Crippen LogP contribution < -0.4 is 5.73 Å². The van der Waals surface area contributed by atoms with Crippen molar-refractivity contribution < 1.29 is 9.84 Å². The molecule has 0 amide bonds. The third kappa shape index (κ3) is 2.74. The van der Waals surface area contributed by atoms with Gasteiger partial charge in [-0.3, -0.25) is 0 Å². The minimum absolute atomic E-state index is 0.102. The highest BCUT2D eigenvalue weighted by Crippen LogP contribution is 2.38. The third-order valence-electron chi connectivity index (χ3n) is 4.04. The smallest absolute Gasteiger partial charge is 0.0626 e. The molecule has 1 saturated heterocycles. The Kier molecular flexibility index (Phi) is 3.85. The van der Waals surface area contributed by atoms with Crippen LogP contribution >= 0.6 is 0 Å². The topological polar surface area (TPSA) is 58.7 Å². The van der Waals surface area contributed by atoms with E-state index in [4.69, 9.17) is 10.5 Å². The van der Waals surface area contributed by atoms with Crippen molar-refractivity contribution in [2.45, 2.75) is 37.3 Å². The number of likely N-dealkylation sites (N-methyl/N-ethyl adjacent to an activating group) is 1. The molecule has 2 rings (SSSR count). The lowest BCUT2D eigenvalue weighted by molar-refractivity contribution is 0.0279. The molecule has 94 valence electrons. The normalized spacial score (nSPS) is 27.0. The summed E-state index contributed by atoms with van der Waals surface area (Å²) in [6, 6.07) is 0.571. The van der Waals surface area contributed by atoms with E-state index in [2.05, 4.69) is 11.9 Å². The van der Waals surface area contributed by atoms with Gasteiger partial charge in [0.1, 0.15) is 0 Å². The Balaban J connectivity index is 1.86. The van der Waals surface area contributed by atoms with Gasteiger partial charge in [0.2, 0.25) is 0 Å². The second-order valence-electron chi connectivity index (χ2n) is 5.42. The fourth-order valence-corrected chi connectivity index (χ4v) is 2.69. The lowest BCUT2D eigenvalue weighted by Gasteiger charge is -2.38. The maximum absolute atomic E-state index is 9.47. The predicted molar refractivity (Wildman–Crippen MR) is 63.2 cm³/mol. The molecule has 1 atom stereocenters. The van der Waals surface area contributed by atoms with Gasteiger partial charge in [-0.1, -0.05) is 0 Å². The van der Waals surface area contributed by atoms with Crippen molar-refractivity contribution in [3.63, 3.8) is 0 Å². The van der Waals surface area contributed by atoms with Gasteiger partial charge < -0.3 is 20.5 Å². The first-order chi connectivity index (χ1) is 7.65. The van der Waals surface area contributed by atoms with Crippen molar-refractivity contribution in [2.24, 2.45) is 11.7 Å². The quantitative estimate of drug-likeness (QED) is 0.705. The summed E-state index contributed by atoms with van der Waals surface area (Å²) in [5, 5.41) is 9.47. The third-order valence-corrected chi connectivity index (χ3v) is 4.04. The minimum Gasteiger partial charge on any atom is -0.394 e. The van der Waals surface area contributed by atoms with Crippen LogP contribution in [-0.2, 0) is 4.74 Å². The van der Waals surface area contributed by atoms with Gasteiger partial charge in [0.05, 0.1) is 12.1 Å². The maximum Gasteiger partial charge on any atom is 0.0626 e. The van der Waals surface area contributed by atoms with E-state index >= 15 is 0 Å². The summed E-state index contributed by atoms with van der Waals surface area (Å²) in [5.41, 5.74) is 5.91. The highest BCUT2D eigenvalue weighted by molar-refractivity contribution is 5.00. The number of ether oxygens (including phenoxy) is 1. The molecule has 2 aliphatic rings. The lowest BCUT2D eigenvalue weighted by atomic mass is 9.93. The molecule has 0 aromatic carbocycles. The summed E-state index contributed by atoms with van der Waals surface area (Å²) in [7, 11) is 2.12. The summed E-state index contributed by atoms with van der Waals surface area (Å²) in [4.78, 5) is 2.32. The van der Waals surface area contributed by atoms with Gasteiger partial charge >= 0.3 is 0 Å². The van der Waals surface area contributed by atoms with Crippen LogP contribution in [0.2, 0.25) is 0 Å². The van der Waals surface area contributed by atoms with E-state index in [0.29, 0.717) is 12.0 Å². The summed E-state index contributed by atoms with van der Waals surface area (Å²) < 4.78 is 5.36. The molecule has 1 aliphatic carbocycles. The van der Waals surface area contributed by atoms with E-state index in [-0.39, 0.29) is 12.1 Å². The zero-order chi connectivity index (χ0) is 11.6. The molecule has 0 spiro atoms. The van der Waals surface area contributed by atoms with E-state index in [0.717, 1.165) is 32.6 Å². The Morgan fingerprint density at radius 2 is 1.94 bits per heavy atom. The molecule has 1 saturated carbocycles. The number of hydrogen-bond acceptors (Lipinski definition) is 4. The van der Waals surface area contributed by atoms with Gasteiger partial charge in [-0.2, -0.15) is 0 Å². The van der Waals surface area contributed by atoms with Crippen molar-refractivity contribution in [1.82, 2.24) is 4.90 Å². The molecular formula is C12H24N2O2. The molecule has 4 heteroatoms. The Labute approximate surface area is 97.7 Å². The average molecular weight is 228 g/mol. The minimum atomic E-state index is -0.382. The molecule has 16 heavy (non-hydrogen) atoms. The highest BCUT2D eigenvalue weighted by atomic mass is 16.5. The second-order valence-corrected chi connectivity index (χ2v) is 5.42. The van der Waals surface area contributed by atoms with Crippen molar-refractivity contribution in [3.05, 3.63) is 0 Å². The molecule has 0 bridgehead atoms. The maximum atomic E-state index is 9.47. The number of rotatable bonds is 5. The molecule has 1 aliphatic heterocycles. The zero-order valence-corrected chi connectivity index (χ0v) is 10.2. The van der Waals surface area contributed by atoms with E-state index < -0.39 is 0 Å². The van der Waals surface area contributed by atoms with Gasteiger partial charge in [0, 0.05) is 25.8 Å². The SMILES string of the molecule is CN(CC(N)(CO)C1CC1)C1CCOCC1. The Hall–Kier alpha value is -0.160. The Morgan fingerprint density at radius 3 is 2.44 bits per heavy atom. The van der Waals surface area contributed by atoms with Crippen LogP contribution in [0.25, 0.3) is 0 Å². The second kappa shape index (κ2) is 5.00. The molecule has 1 unspecified atom stereocenters. The van der Waals surface area contributed by atoms with Crippen LogP contribution in [0.1, 0.15) is 25.7 Å². The van der Waals surface area contributed by atoms with E-state index in [1.54, 1.807) is 0 Å². The van der Waals surface area contributed by atoms with E-state index in [9.17, 15) is 5.11 Å². The molecule has 0 aromatic rings. The molecule has 2 fully saturated rings. The summed E-state index contributed by atoms with van der Waals surface area (Å²) in [6.07, 6.45) is 4.53. The first kappa shape index (κ1) is 12.3. The fourth-order valence-electron chi connectivity index (χ4n) is 2.69. The van der Waals surface area contributed by atoms with Gasteiger partial charge in [-0.05, 0) is 38.6 Å². The standard InChI is InChI=1S/C12H24N2O2/c1-14(11-4-6-16-7-5-11)8-12(13,9-15)10-2-3-10/h10-11,15H,2-9,13H2,1H3. The molecule has 0 radical (unpaired) electrons. The summed E-state index contributed by atoms with van der Waals surface area (Å²) in [5.74, 6) is 0.528. The van der Waals surface area contributed by atoms with Crippen LogP contribution in [0.5, 0.6) is 0 Å². The Morgan fingerprint density at radius 1 is 1.31 bits per heavy atom. The number of nitrogens with zero attached hydrogens (tertiary/aromatic N) is 1. The monoisotopic (exact) mass is 228 g/mol. The highest BCUT2D eigenvalue weighted by Gasteiger charge is 2.43. The first-order valence-electron chi connectivity index (χ1n) is 6.33. The van der Waals surface area contributed by atoms with Crippen molar-refractivity contribution in [1.29, 1.82) is 0 Å². The van der Waals surface area contributed by atoms with Crippen molar-refractivity contribution >= 4 is 0 Å². The van der Waals surface area contributed by atoms with Gasteiger partial charge in [-0.25, -0.2) is 0 Å². The van der Waals surface area contributed by atoms with Crippen LogP contribution in [0.15, 0.2) is 0 Å². The van der Waals surface area contributed by atoms with Gasteiger partial charge in [0.25, 0.3) is 0 Å². The Bertz CT molecular complexity index is 227. The van der Waals surface area contributed by atoms with Gasteiger partial charge in [-0.15, -0.1) is 0 Å². The molecule has 3 N–H and O–H groups in total. The molecule has 1 heterocycles. The fraction of sp³-hybridized carbons (Fsp3) is 1.00. The number of hydrogen-bond donors (Lipinski definition) is 2.